The molecule has 0 aromatic carbocycles. The van der Waals surface area contributed by atoms with E-state index in [9.17, 15) is 0 Å². The second-order valence-electron chi connectivity index (χ2n) is 4.84. The topological polar surface area (TPSA) is 48.9 Å². The van der Waals surface area contributed by atoms with Gasteiger partial charge in [-0.3, -0.25) is 5.43 Å². The van der Waals surface area contributed by atoms with E-state index < -0.39 is 0 Å². The van der Waals surface area contributed by atoms with Gasteiger partial charge in [-0.15, -0.1) is 11.3 Å². The van der Waals surface area contributed by atoms with E-state index >= 15 is 0 Å². The van der Waals surface area contributed by atoms with Crippen LogP contribution in [-0.4, -0.2) is 44.7 Å². The van der Waals surface area contributed by atoms with Crippen molar-refractivity contribution in [1.29, 1.82) is 0 Å². The van der Waals surface area contributed by atoms with E-state index in [2.05, 4.69) is 32.9 Å². The van der Waals surface area contributed by atoms with E-state index in [0.717, 1.165) is 4.88 Å². The third kappa shape index (κ3) is 5.61. The van der Waals surface area contributed by atoms with Crippen molar-refractivity contribution in [1.82, 2.24) is 10.7 Å². The Morgan fingerprint density at radius 2 is 2.24 bits per heavy atom. The number of hydrogen-bond donors (Lipinski definition) is 2. The van der Waals surface area contributed by atoms with E-state index in [1.54, 1.807) is 18.4 Å². The minimum absolute atomic E-state index is 0.510. The molecule has 1 aliphatic heterocycles. The molecule has 5 nitrogen and oxygen atoms in total. The highest BCUT2D eigenvalue weighted by molar-refractivity contribution is 7.80. The zero-order chi connectivity index (χ0) is 14.9. The smallest absolute Gasteiger partial charge is 0.187 e. The van der Waals surface area contributed by atoms with Crippen LogP contribution in [0.2, 0.25) is 0 Å². The summed E-state index contributed by atoms with van der Waals surface area (Å²) in [7, 11) is 1.66. The van der Waals surface area contributed by atoms with Crippen molar-refractivity contribution in [3.63, 3.8) is 0 Å². The van der Waals surface area contributed by atoms with Crippen molar-refractivity contribution in [2.45, 2.75) is 19.3 Å². The first-order valence-electron chi connectivity index (χ1n) is 7.20. The molecule has 116 valence electrons. The molecule has 0 aliphatic carbocycles. The Morgan fingerprint density at radius 1 is 1.43 bits per heavy atom. The minimum atomic E-state index is 0.510. The molecule has 1 aromatic heterocycles. The number of ether oxygens (including phenoxy) is 1. The van der Waals surface area contributed by atoms with Crippen LogP contribution in [0, 0.1) is 0 Å². The third-order valence-electron chi connectivity index (χ3n) is 3.23. The zero-order valence-corrected chi connectivity index (χ0v) is 13.9. The van der Waals surface area contributed by atoms with E-state index in [-0.39, 0.29) is 0 Å². The Kier molecular flexibility index (Phi) is 6.91. The summed E-state index contributed by atoms with van der Waals surface area (Å²) in [4.78, 5) is 3.58. The zero-order valence-electron chi connectivity index (χ0n) is 12.3. The normalized spacial score (nSPS) is 15.4. The SMILES string of the molecule is COCCNC(=S)N/N=C/c1ccc(N2CCCCC2)s1. The fraction of sp³-hybridized carbons (Fsp3) is 0.571. The highest BCUT2D eigenvalue weighted by Crippen LogP contribution is 2.27. The minimum Gasteiger partial charge on any atom is -0.383 e. The van der Waals surface area contributed by atoms with Gasteiger partial charge in [-0.1, -0.05) is 0 Å². The molecular formula is C14H22N4OS2. The maximum Gasteiger partial charge on any atom is 0.187 e. The average Bonchev–Trinajstić information content (AvgIpc) is 2.97. The summed E-state index contributed by atoms with van der Waals surface area (Å²) in [6, 6.07) is 4.27. The Morgan fingerprint density at radius 3 is 3.00 bits per heavy atom. The van der Waals surface area contributed by atoms with Crippen LogP contribution in [0.5, 0.6) is 0 Å². The van der Waals surface area contributed by atoms with Gasteiger partial charge in [-0.05, 0) is 43.6 Å². The van der Waals surface area contributed by atoms with Gasteiger partial charge in [0, 0.05) is 31.6 Å². The van der Waals surface area contributed by atoms with Gasteiger partial charge >= 0.3 is 0 Å². The van der Waals surface area contributed by atoms with Crippen LogP contribution in [0.1, 0.15) is 24.1 Å². The van der Waals surface area contributed by atoms with Gasteiger partial charge in [-0.25, -0.2) is 0 Å². The molecule has 21 heavy (non-hydrogen) atoms. The Bertz CT molecular complexity index is 469. The summed E-state index contributed by atoms with van der Waals surface area (Å²) < 4.78 is 4.94. The summed E-state index contributed by atoms with van der Waals surface area (Å²) >= 11 is 6.86. The number of methoxy groups -OCH3 is 1. The summed E-state index contributed by atoms with van der Waals surface area (Å²) in [5.74, 6) is 0. The number of thiophene rings is 1. The van der Waals surface area contributed by atoms with E-state index in [1.165, 1.54) is 37.4 Å². The molecule has 7 heteroatoms. The molecule has 0 bridgehead atoms. The van der Waals surface area contributed by atoms with Crippen LogP contribution in [0.4, 0.5) is 5.00 Å². The van der Waals surface area contributed by atoms with Crippen molar-refractivity contribution in [2.24, 2.45) is 5.10 Å². The summed E-state index contributed by atoms with van der Waals surface area (Å²) in [6.07, 6.45) is 5.75. The number of hydrazone groups is 1. The maximum absolute atomic E-state index is 5.09. The molecule has 0 saturated carbocycles. The number of nitrogens with one attached hydrogen (secondary N) is 2. The van der Waals surface area contributed by atoms with Gasteiger partial charge in [0.2, 0.25) is 0 Å². The van der Waals surface area contributed by atoms with Crippen molar-refractivity contribution in [3.05, 3.63) is 17.0 Å². The molecule has 0 amide bonds. The summed E-state index contributed by atoms with van der Waals surface area (Å²) in [6.45, 7) is 3.64. The Hall–Kier alpha value is -1.18. The molecule has 0 spiro atoms. The van der Waals surface area contributed by atoms with Gasteiger partial charge in [0.1, 0.15) is 0 Å². The van der Waals surface area contributed by atoms with Gasteiger partial charge in [0.15, 0.2) is 5.11 Å². The van der Waals surface area contributed by atoms with E-state index in [0.29, 0.717) is 18.3 Å². The van der Waals surface area contributed by atoms with Crippen LogP contribution in [0.3, 0.4) is 0 Å². The molecule has 0 atom stereocenters. The molecule has 2 N–H and O–H groups in total. The van der Waals surface area contributed by atoms with Crippen LogP contribution in [-0.2, 0) is 4.74 Å². The summed E-state index contributed by atoms with van der Waals surface area (Å²) in [5, 5.41) is 9.00. The highest BCUT2D eigenvalue weighted by Gasteiger charge is 2.12. The van der Waals surface area contributed by atoms with Crippen molar-refractivity contribution in [2.75, 3.05) is 38.3 Å². The molecule has 1 aliphatic rings. The molecule has 1 fully saturated rings. The molecule has 1 aromatic rings. The fourth-order valence-corrected chi connectivity index (χ4v) is 3.24. The highest BCUT2D eigenvalue weighted by atomic mass is 32.1. The van der Waals surface area contributed by atoms with Crippen molar-refractivity contribution < 1.29 is 4.74 Å². The van der Waals surface area contributed by atoms with Crippen molar-refractivity contribution in [3.8, 4) is 0 Å². The van der Waals surface area contributed by atoms with Gasteiger partial charge in [0.05, 0.1) is 17.8 Å². The Labute approximate surface area is 135 Å². The molecule has 2 rings (SSSR count). The predicted molar refractivity (Wildman–Crippen MR) is 93.6 cm³/mol. The van der Waals surface area contributed by atoms with E-state index in [1.807, 2.05) is 6.21 Å². The molecule has 1 saturated heterocycles. The quantitative estimate of drug-likeness (QED) is 0.363. The first-order valence-corrected chi connectivity index (χ1v) is 8.42. The number of hydrogen-bond acceptors (Lipinski definition) is 5. The molecule has 2 heterocycles. The number of nitrogens with zero attached hydrogens (tertiary/aromatic N) is 2. The van der Waals surface area contributed by atoms with Gasteiger partial charge in [0.25, 0.3) is 0 Å². The third-order valence-corrected chi connectivity index (χ3v) is 4.55. The lowest BCUT2D eigenvalue weighted by atomic mass is 10.1. The number of anilines is 1. The van der Waals surface area contributed by atoms with E-state index in [4.69, 9.17) is 17.0 Å². The largest absolute Gasteiger partial charge is 0.383 e. The average molecular weight is 326 g/mol. The first kappa shape index (κ1) is 16.2. The number of rotatable bonds is 6. The summed E-state index contributed by atoms with van der Waals surface area (Å²) in [5.41, 5.74) is 2.81. The van der Waals surface area contributed by atoms with Gasteiger partial charge in [-0.2, -0.15) is 5.10 Å². The number of thiocarbonyl (C=S) groups is 1. The molecule has 0 radical (unpaired) electrons. The fourth-order valence-electron chi connectivity index (χ4n) is 2.16. The molecular weight excluding hydrogens is 304 g/mol. The lowest BCUT2D eigenvalue weighted by Gasteiger charge is -2.27. The lowest BCUT2D eigenvalue weighted by molar-refractivity contribution is 0.204. The van der Waals surface area contributed by atoms with Crippen LogP contribution < -0.4 is 15.6 Å². The number of piperidine rings is 1. The van der Waals surface area contributed by atoms with Gasteiger partial charge < -0.3 is 15.0 Å². The second-order valence-corrected chi connectivity index (χ2v) is 6.34. The standard InChI is InChI=1S/C14H22N4OS2/c1-19-10-7-15-14(20)17-16-11-12-5-6-13(21-12)18-8-3-2-4-9-18/h5-6,11H,2-4,7-10H2,1H3,(H2,15,17,20)/b16-11+. The first-order chi connectivity index (χ1) is 10.3. The lowest BCUT2D eigenvalue weighted by Crippen LogP contribution is -2.34. The van der Waals surface area contributed by atoms with Crippen LogP contribution >= 0.6 is 23.6 Å². The Balaban J connectivity index is 1.76. The van der Waals surface area contributed by atoms with Crippen LogP contribution in [0.15, 0.2) is 17.2 Å². The van der Waals surface area contributed by atoms with Crippen LogP contribution in [0.25, 0.3) is 0 Å². The predicted octanol–water partition coefficient (Wildman–Crippen LogP) is 2.18. The van der Waals surface area contributed by atoms with Crippen molar-refractivity contribution >= 4 is 39.9 Å². The second kappa shape index (κ2) is 8.96. The monoisotopic (exact) mass is 326 g/mol. The maximum atomic E-state index is 5.09. The molecule has 0 unspecified atom stereocenters.